The Morgan fingerprint density at radius 3 is 1.80 bits per heavy atom. The summed E-state index contributed by atoms with van der Waals surface area (Å²) in [5, 5.41) is 10.8. The fraction of sp³-hybridized carbons (Fsp3) is 0.429. The van der Waals surface area contributed by atoms with E-state index in [9.17, 15) is 9.67 Å². The summed E-state index contributed by atoms with van der Waals surface area (Å²) in [5.41, 5.74) is -0.0810. The van der Waals surface area contributed by atoms with Crippen LogP contribution >= 0.6 is 7.60 Å². The van der Waals surface area contributed by atoms with E-state index in [-0.39, 0.29) is 19.0 Å². The van der Waals surface area contributed by atoms with E-state index < -0.39 is 13.3 Å². The quantitative estimate of drug-likeness (QED) is 0.499. The van der Waals surface area contributed by atoms with Crippen molar-refractivity contribution >= 4 is 7.60 Å². The molecule has 0 bridgehead atoms. The van der Waals surface area contributed by atoms with Crippen LogP contribution in [0.5, 0.6) is 28.7 Å². The van der Waals surface area contributed by atoms with Gasteiger partial charge in [0.15, 0.2) is 23.0 Å². The molecule has 0 aliphatic rings. The van der Waals surface area contributed by atoms with Gasteiger partial charge < -0.3 is 33.1 Å². The first-order valence-corrected chi connectivity index (χ1v) is 11.1. The Kier molecular flexibility index (Phi) is 8.41. The van der Waals surface area contributed by atoms with Gasteiger partial charge in [0.2, 0.25) is 0 Å². The van der Waals surface area contributed by atoms with Crippen molar-refractivity contribution in [3.8, 4) is 28.7 Å². The molecule has 0 heterocycles. The molecule has 2 aromatic carbocycles. The van der Waals surface area contributed by atoms with Crippen molar-refractivity contribution < 1.29 is 37.7 Å². The molecule has 1 N–H and O–H groups in total. The van der Waals surface area contributed by atoms with Crippen LogP contribution < -0.4 is 18.9 Å². The molecule has 0 spiro atoms. The zero-order chi connectivity index (χ0) is 22.3. The van der Waals surface area contributed by atoms with Crippen molar-refractivity contribution in [2.75, 3.05) is 41.7 Å². The maximum absolute atomic E-state index is 13.9. The Hall–Kier alpha value is -2.41. The summed E-state index contributed by atoms with van der Waals surface area (Å²) >= 11 is 0. The second-order valence-corrected chi connectivity index (χ2v) is 8.27. The van der Waals surface area contributed by atoms with Crippen LogP contribution in [0.25, 0.3) is 0 Å². The van der Waals surface area contributed by atoms with Gasteiger partial charge in [-0.2, -0.15) is 0 Å². The topological polar surface area (TPSA) is 92.7 Å². The lowest BCUT2D eigenvalue weighted by molar-refractivity contribution is 0.214. The predicted molar refractivity (Wildman–Crippen MR) is 113 cm³/mol. The third kappa shape index (κ3) is 4.83. The van der Waals surface area contributed by atoms with E-state index in [1.165, 1.54) is 34.5 Å². The molecule has 0 amide bonds. The molecule has 0 fully saturated rings. The van der Waals surface area contributed by atoms with Crippen molar-refractivity contribution in [2.45, 2.75) is 19.5 Å². The van der Waals surface area contributed by atoms with Crippen molar-refractivity contribution in [1.29, 1.82) is 0 Å². The second kappa shape index (κ2) is 10.6. The number of aromatic hydroxyl groups is 1. The van der Waals surface area contributed by atoms with E-state index in [1.54, 1.807) is 38.1 Å². The lowest BCUT2D eigenvalue weighted by Gasteiger charge is -2.28. The predicted octanol–water partition coefficient (Wildman–Crippen LogP) is 4.78. The number of hydrogen-bond donors (Lipinski definition) is 1. The van der Waals surface area contributed by atoms with E-state index in [1.807, 2.05) is 0 Å². The molecule has 2 aromatic rings. The van der Waals surface area contributed by atoms with Crippen molar-refractivity contribution in [1.82, 2.24) is 0 Å². The van der Waals surface area contributed by atoms with Gasteiger partial charge in [0.1, 0.15) is 11.4 Å². The van der Waals surface area contributed by atoms with Gasteiger partial charge in [0, 0.05) is 11.6 Å². The maximum Gasteiger partial charge on any atom is 0.342 e. The highest BCUT2D eigenvalue weighted by atomic mass is 31.2. The molecular weight excluding hydrogens is 411 g/mol. The van der Waals surface area contributed by atoms with Crippen molar-refractivity contribution in [3.05, 3.63) is 41.5 Å². The number of benzene rings is 2. The van der Waals surface area contributed by atoms with Gasteiger partial charge in [-0.25, -0.2) is 0 Å². The Morgan fingerprint density at radius 1 is 0.800 bits per heavy atom. The number of methoxy groups -OCH3 is 4. The van der Waals surface area contributed by atoms with Crippen LogP contribution in [0.4, 0.5) is 0 Å². The van der Waals surface area contributed by atoms with E-state index in [0.29, 0.717) is 34.1 Å². The first-order chi connectivity index (χ1) is 14.4. The molecule has 9 heteroatoms. The Balaban J connectivity index is 2.80. The SMILES string of the molecule is CCOP(=O)(OCC)[C@H](c1ccc(OC)c(OC)c1)c1cc(OC)c(OC)cc1O. The van der Waals surface area contributed by atoms with E-state index in [4.69, 9.17) is 28.0 Å². The molecule has 0 saturated heterocycles. The van der Waals surface area contributed by atoms with Crippen LogP contribution in [0, 0.1) is 0 Å². The zero-order valence-electron chi connectivity index (χ0n) is 18.1. The highest BCUT2D eigenvalue weighted by Crippen LogP contribution is 2.65. The summed E-state index contributed by atoms with van der Waals surface area (Å²) in [6.45, 7) is 3.78. The molecule has 0 unspecified atom stereocenters. The van der Waals surface area contributed by atoms with Crippen LogP contribution in [0.2, 0.25) is 0 Å². The monoisotopic (exact) mass is 440 g/mol. The van der Waals surface area contributed by atoms with Crippen LogP contribution in [-0.4, -0.2) is 46.8 Å². The van der Waals surface area contributed by atoms with Gasteiger partial charge in [0.05, 0.1) is 41.7 Å². The lowest BCUT2D eigenvalue weighted by Crippen LogP contribution is -2.10. The molecule has 0 aliphatic heterocycles. The van der Waals surface area contributed by atoms with Gasteiger partial charge in [-0.3, -0.25) is 4.57 Å². The summed E-state index contributed by atoms with van der Waals surface area (Å²) in [7, 11) is 2.22. The van der Waals surface area contributed by atoms with Crippen LogP contribution in [0.15, 0.2) is 30.3 Å². The Morgan fingerprint density at radius 2 is 1.30 bits per heavy atom. The second-order valence-electron chi connectivity index (χ2n) is 6.16. The molecule has 8 nitrogen and oxygen atoms in total. The number of hydrogen-bond acceptors (Lipinski definition) is 8. The zero-order valence-corrected chi connectivity index (χ0v) is 19.0. The number of rotatable bonds is 11. The largest absolute Gasteiger partial charge is 0.507 e. The summed E-state index contributed by atoms with van der Waals surface area (Å²) in [6, 6.07) is 8.09. The first-order valence-electron chi connectivity index (χ1n) is 9.44. The summed E-state index contributed by atoms with van der Waals surface area (Å²) < 4.78 is 46.5. The Labute approximate surface area is 177 Å². The summed E-state index contributed by atoms with van der Waals surface area (Å²) in [6.07, 6.45) is 0. The van der Waals surface area contributed by atoms with Crippen LogP contribution in [0.3, 0.4) is 0 Å². The summed E-state index contributed by atoms with van der Waals surface area (Å²) in [4.78, 5) is 0. The van der Waals surface area contributed by atoms with E-state index in [0.717, 1.165) is 0 Å². The molecule has 1 atom stereocenters. The third-order valence-electron chi connectivity index (χ3n) is 4.49. The normalized spacial score (nSPS) is 12.3. The summed E-state index contributed by atoms with van der Waals surface area (Å²) in [5.74, 6) is 1.54. The molecule has 0 saturated carbocycles. The smallest absolute Gasteiger partial charge is 0.342 e. The van der Waals surface area contributed by atoms with Crippen LogP contribution in [0.1, 0.15) is 30.6 Å². The van der Waals surface area contributed by atoms with E-state index in [2.05, 4.69) is 0 Å². The lowest BCUT2D eigenvalue weighted by atomic mass is 10.0. The van der Waals surface area contributed by atoms with Gasteiger partial charge in [-0.05, 0) is 37.6 Å². The van der Waals surface area contributed by atoms with Crippen LogP contribution in [-0.2, 0) is 13.6 Å². The number of ether oxygens (including phenoxy) is 4. The minimum absolute atomic E-state index is 0.132. The highest BCUT2D eigenvalue weighted by Gasteiger charge is 2.40. The minimum Gasteiger partial charge on any atom is -0.507 e. The molecule has 166 valence electrons. The number of phenols is 1. The van der Waals surface area contributed by atoms with Gasteiger partial charge in [-0.1, -0.05) is 6.07 Å². The van der Waals surface area contributed by atoms with E-state index >= 15 is 0 Å². The molecule has 0 aliphatic carbocycles. The number of phenolic OH excluding ortho intramolecular Hbond substituents is 1. The average Bonchev–Trinajstić information content (AvgIpc) is 2.74. The first kappa shape index (κ1) is 23.9. The molecule has 2 rings (SSSR count). The van der Waals surface area contributed by atoms with Gasteiger partial charge in [0.25, 0.3) is 0 Å². The minimum atomic E-state index is -3.76. The molecule has 30 heavy (non-hydrogen) atoms. The maximum atomic E-state index is 13.9. The Bertz CT molecular complexity index is 889. The molecule has 0 radical (unpaired) electrons. The third-order valence-corrected chi connectivity index (χ3v) is 6.93. The highest BCUT2D eigenvalue weighted by molar-refractivity contribution is 7.54. The molecule has 0 aromatic heterocycles. The van der Waals surface area contributed by atoms with Crippen molar-refractivity contribution in [3.63, 3.8) is 0 Å². The fourth-order valence-corrected chi connectivity index (χ4v) is 5.37. The standard InChI is InChI=1S/C21H29O8P/c1-7-28-30(23,29-8-2)21(14-9-10-17(24-3)18(11-14)25-4)15-12-19(26-5)20(27-6)13-16(15)22/h9-13,21-22H,7-8H2,1-6H3/t21-/m1/s1. The average molecular weight is 440 g/mol. The molecular formula is C21H29O8P. The van der Waals surface area contributed by atoms with Crippen molar-refractivity contribution in [2.24, 2.45) is 0 Å². The fourth-order valence-electron chi connectivity index (χ4n) is 3.20. The van der Waals surface area contributed by atoms with Gasteiger partial charge in [-0.15, -0.1) is 0 Å². The van der Waals surface area contributed by atoms with Gasteiger partial charge >= 0.3 is 7.60 Å².